The van der Waals surface area contributed by atoms with E-state index in [1.54, 1.807) is 0 Å². The number of carbonyl (C=O) groups is 2. The van der Waals surface area contributed by atoms with E-state index >= 15 is 0 Å². The molecule has 0 saturated heterocycles. The third-order valence-corrected chi connectivity index (χ3v) is 10.3. The van der Waals surface area contributed by atoms with Crippen LogP contribution in [0.1, 0.15) is 252 Å². The quantitative estimate of drug-likeness (QED) is 0.0355. The number of carbonyl (C=O) groups excluding carboxylic acids is 2. The summed E-state index contributed by atoms with van der Waals surface area (Å²) in [5.41, 5.74) is 0. The monoisotopic (exact) mass is 735 g/mol. The number of hydrogen-bond donors (Lipinski definition) is 0. The summed E-state index contributed by atoms with van der Waals surface area (Å²) in [7, 11) is 0. The van der Waals surface area contributed by atoms with E-state index in [0.717, 1.165) is 38.5 Å². The SMILES string of the molecule is CCCCCCCC/C=C\CCCCCCCCCCCC(=O)OCC(COCCCCCCCC)OC(=O)CCCCCCCCCCCCC. The van der Waals surface area contributed by atoms with Gasteiger partial charge in [-0.3, -0.25) is 9.59 Å². The predicted molar refractivity (Wildman–Crippen MR) is 224 cm³/mol. The zero-order chi connectivity index (χ0) is 37.8. The number of hydrogen-bond acceptors (Lipinski definition) is 5. The Kier molecular flexibility index (Phi) is 42.9. The molecule has 0 spiro atoms. The van der Waals surface area contributed by atoms with Crippen molar-refractivity contribution in [2.75, 3.05) is 19.8 Å². The molecule has 0 rings (SSSR count). The van der Waals surface area contributed by atoms with E-state index in [9.17, 15) is 9.59 Å². The van der Waals surface area contributed by atoms with Crippen molar-refractivity contribution in [3.63, 3.8) is 0 Å². The van der Waals surface area contributed by atoms with Crippen molar-refractivity contribution >= 4 is 11.9 Å². The molecule has 1 unspecified atom stereocenters. The summed E-state index contributed by atoms with van der Waals surface area (Å²) in [5.74, 6) is -0.390. The third kappa shape index (κ3) is 41.4. The van der Waals surface area contributed by atoms with E-state index in [1.807, 2.05) is 0 Å². The summed E-state index contributed by atoms with van der Waals surface area (Å²) in [5, 5.41) is 0. The maximum absolute atomic E-state index is 12.6. The van der Waals surface area contributed by atoms with Crippen LogP contribution in [0.5, 0.6) is 0 Å². The van der Waals surface area contributed by atoms with Crippen LogP contribution in [0.25, 0.3) is 0 Å². The van der Waals surface area contributed by atoms with Crippen molar-refractivity contribution in [2.24, 2.45) is 0 Å². The average molecular weight is 735 g/mol. The molecule has 0 radical (unpaired) electrons. The zero-order valence-electron chi connectivity index (χ0n) is 35.4. The van der Waals surface area contributed by atoms with Gasteiger partial charge in [-0.15, -0.1) is 0 Å². The van der Waals surface area contributed by atoms with Crippen molar-refractivity contribution in [1.29, 1.82) is 0 Å². The lowest BCUT2D eigenvalue weighted by Gasteiger charge is -2.18. The molecule has 0 aromatic rings. The van der Waals surface area contributed by atoms with Crippen LogP contribution in [0.15, 0.2) is 12.2 Å². The molecule has 5 heteroatoms. The van der Waals surface area contributed by atoms with Gasteiger partial charge in [0, 0.05) is 19.4 Å². The van der Waals surface area contributed by atoms with E-state index in [1.165, 1.54) is 180 Å². The first-order chi connectivity index (χ1) is 25.6. The van der Waals surface area contributed by atoms with E-state index < -0.39 is 6.10 Å². The first-order valence-corrected chi connectivity index (χ1v) is 23.2. The van der Waals surface area contributed by atoms with Crippen LogP contribution in [0.2, 0.25) is 0 Å². The molecule has 0 fully saturated rings. The Balaban J connectivity index is 4.02. The summed E-state index contributed by atoms with van der Waals surface area (Å²) < 4.78 is 17.2. The van der Waals surface area contributed by atoms with Crippen LogP contribution in [0, 0.1) is 0 Å². The van der Waals surface area contributed by atoms with Gasteiger partial charge < -0.3 is 14.2 Å². The first kappa shape index (κ1) is 50.6. The summed E-state index contributed by atoms with van der Waals surface area (Å²) in [6.45, 7) is 7.81. The van der Waals surface area contributed by atoms with Gasteiger partial charge in [0.2, 0.25) is 0 Å². The van der Waals surface area contributed by atoms with Crippen molar-refractivity contribution in [3.05, 3.63) is 12.2 Å². The fraction of sp³-hybridized carbons (Fsp3) is 0.915. The highest BCUT2D eigenvalue weighted by atomic mass is 16.6. The van der Waals surface area contributed by atoms with Gasteiger partial charge in [0.25, 0.3) is 0 Å². The highest BCUT2D eigenvalue weighted by Crippen LogP contribution is 2.15. The van der Waals surface area contributed by atoms with Gasteiger partial charge in [-0.05, 0) is 44.9 Å². The molecular formula is C47H90O5. The second kappa shape index (κ2) is 44.0. The van der Waals surface area contributed by atoms with Gasteiger partial charge >= 0.3 is 11.9 Å². The molecule has 0 N–H and O–H groups in total. The summed E-state index contributed by atoms with van der Waals surface area (Å²) in [6.07, 6.45) is 47.9. The maximum atomic E-state index is 12.6. The Bertz CT molecular complexity index is 750. The number of esters is 2. The van der Waals surface area contributed by atoms with Crippen LogP contribution < -0.4 is 0 Å². The van der Waals surface area contributed by atoms with Gasteiger partial charge in [0.05, 0.1) is 6.61 Å². The molecule has 0 saturated carbocycles. The molecule has 308 valence electrons. The minimum absolute atomic E-state index is 0.0915. The van der Waals surface area contributed by atoms with Gasteiger partial charge in [0.1, 0.15) is 6.61 Å². The third-order valence-electron chi connectivity index (χ3n) is 10.3. The fourth-order valence-corrected chi connectivity index (χ4v) is 6.80. The Morgan fingerprint density at radius 3 is 1.17 bits per heavy atom. The second-order valence-corrected chi connectivity index (χ2v) is 15.7. The normalized spacial score (nSPS) is 12.1. The lowest BCUT2D eigenvalue weighted by Crippen LogP contribution is -2.30. The van der Waals surface area contributed by atoms with Crippen molar-refractivity contribution in [3.8, 4) is 0 Å². The van der Waals surface area contributed by atoms with Crippen molar-refractivity contribution in [1.82, 2.24) is 0 Å². The lowest BCUT2D eigenvalue weighted by atomic mass is 10.1. The second-order valence-electron chi connectivity index (χ2n) is 15.7. The minimum Gasteiger partial charge on any atom is -0.462 e. The lowest BCUT2D eigenvalue weighted by molar-refractivity contribution is -0.163. The standard InChI is InChI=1S/C47H90O5/c1-4-7-10-13-16-18-20-21-22-23-24-25-26-27-29-30-32-34-37-40-46(48)51-44-45(43-50-42-39-36-15-12-9-6-3)52-47(49)41-38-35-33-31-28-19-17-14-11-8-5-2/h21-22,45H,4-20,23-44H2,1-3H3/b22-21-. The predicted octanol–water partition coefficient (Wildman–Crippen LogP) is 15.1. The average Bonchev–Trinajstić information content (AvgIpc) is 3.14. The Labute approximate surface area is 325 Å². The molecule has 0 aliphatic heterocycles. The van der Waals surface area contributed by atoms with E-state index in [2.05, 4.69) is 32.9 Å². The Morgan fingerprint density at radius 2 is 0.750 bits per heavy atom. The summed E-state index contributed by atoms with van der Waals surface area (Å²) in [6, 6.07) is 0. The molecule has 0 amide bonds. The van der Waals surface area contributed by atoms with Gasteiger partial charge in [-0.25, -0.2) is 0 Å². The number of rotatable bonds is 43. The zero-order valence-corrected chi connectivity index (χ0v) is 35.4. The van der Waals surface area contributed by atoms with Crippen LogP contribution in [0.3, 0.4) is 0 Å². The minimum atomic E-state index is -0.523. The van der Waals surface area contributed by atoms with E-state index in [-0.39, 0.29) is 18.5 Å². The molecule has 0 bridgehead atoms. The van der Waals surface area contributed by atoms with Crippen LogP contribution in [-0.2, 0) is 23.8 Å². The summed E-state index contributed by atoms with van der Waals surface area (Å²) >= 11 is 0. The molecular weight excluding hydrogens is 645 g/mol. The van der Waals surface area contributed by atoms with Gasteiger partial charge in [-0.2, -0.15) is 0 Å². The Morgan fingerprint density at radius 1 is 0.404 bits per heavy atom. The molecule has 0 heterocycles. The van der Waals surface area contributed by atoms with Crippen LogP contribution in [0.4, 0.5) is 0 Å². The van der Waals surface area contributed by atoms with Crippen LogP contribution in [-0.4, -0.2) is 37.9 Å². The molecule has 0 aromatic heterocycles. The van der Waals surface area contributed by atoms with Crippen LogP contribution >= 0.6 is 0 Å². The van der Waals surface area contributed by atoms with Crippen molar-refractivity contribution < 1.29 is 23.8 Å². The van der Waals surface area contributed by atoms with E-state index in [0.29, 0.717) is 26.1 Å². The van der Waals surface area contributed by atoms with Gasteiger partial charge in [-0.1, -0.05) is 206 Å². The maximum Gasteiger partial charge on any atom is 0.306 e. The largest absolute Gasteiger partial charge is 0.462 e. The van der Waals surface area contributed by atoms with Crippen molar-refractivity contribution in [2.45, 2.75) is 258 Å². The number of allylic oxidation sites excluding steroid dienone is 2. The molecule has 0 aromatic carbocycles. The summed E-state index contributed by atoms with van der Waals surface area (Å²) in [4.78, 5) is 25.1. The number of ether oxygens (including phenoxy) is 3. The molecule has 5 nitrogen and oxygen atoms in total. The molecule has 0 aliphatic rings. The molecule has 0 aliphatic carbocycles. The smallest absolute Gasteiger partial charge is 0.306 e. The number of unbranched alkanes of at least 4 members (excludes halogenated alkanes) is 30. The topological polar surface area (TPSA) is 61.8 Å². The highest BCUT2D eigenvalue weighted by Gasteiger charge is 2.17. The first-order valence-electron chi connectivity index (χ1n) is 23.2. The Hall–Kier alpha value is -1.36. The molecule has 52 heavy (non-hydrogen) atoms. The van der Waals surface area contributed by atoms with E-state index in [4.69, 9.17) is 14.2 Å². The fourth-order valence-electron chi connectivity index (χ4n) is 6.80. The molecule has 1 atom stereocenters. The highest BCUT2D eigenvalue weighted by molar-refractivity contribution is 5.70. The van der Waals surface area contributed by atoms with Gasteiger partial charge in [0.15, 0.2) is 6.10 Å².